The van der Waals surface area contributed by atoms with Crippen molar-refractivity contribution in [1.29, 1.82) is 5.26 Å². The molecule has 2 aromatic carbocycles. The zero-order valence-corrected chi connectivity index (χ0v) is 26.7. The highest BCUT2D eigenvalue weighted by Gasteiger charge is 2.35. The van der Waals surface area contributed by atoms with Crippen molar-refractivity contribution >= 4 is 23.1 Å². The molecule has 1 atom stereocenters. The van der Waals surface area contributed by atoms with Gasteiger partial charge in [-0.15, -0.1) is 0 Å². The van der Waals surface area contributed by atoms with Crippen LogP contribution in [0.5, 0.6) is 11.5 Å². The number of para-hydroxylation sites is 1. The van der Waals surface area contributed by atoms with Gasteiger partial charge in [-0.05, 0) is 57.0 Å². The number of imidazole rings is 1. The number of likely N-dealkylation sites (N-methyl/N-ethyl adjacent to an activating group) is 1. The number of carbonyl (C=O) groups is 2. The van der Waals surface area contributed by atoms with Crippen molar-refractivity contribution in [2.45, 2.75) is 38.1 Å². The van der Waals surface area contributed by atoms with Crippen LogP contribution in [0, 0.1) is 17.1 Å². The van der Waals surface area contributed by atoms with Crippen LogP contribution in [0.3, 0.4) is 0 Å². The molecule has 2 amide bonds. The molecule has 2 aliphatic heterocycles. The van der Waals surface area contributed by atoms with Crippen molar-refractivity contribution in [2.75, 3.05) is 45.5 Å². The summed E-state index contributed by atoms with van der Waals surface area (Å²) in [6, 6.07) is 15.8. The lowest BCUT2D eigenvalue weighted by molar-refractivity contribution is -0.136. The van der Waals surface area contributed by atoms with E-state index in [1.165, 1.54) is 6.07 Å². The number of likely N-dealkylation sites (tertiary alicyclic amines) is 1. The van der Waals surface area contributed by atoms with Gasteiger partial charge in [0, 0.05) is 68.7 Å². The molecule has 2 N–H and O–H groups in total. The first kappa shape index (κ1) is 31.7. The number of nitrogens with zero attached hydrogens (tertiary/aromatic N) is 7. The van der Waals surface area contributed by atoms with Crippen molar-refractivity contribution in [3.05, 3.63) is 84.2 Å². The predicted octanol–water partition coefficient (Wildman–Crippen LogP) is 4.62. The number of carbonyl (C=O) groups excluding carboxylic acids is 2. The summed E-state index contributed by atoms with van der Waals surface area (Å²) in [6.07, 6.45) is 6.40. The summed E-state index contributed by atoms with van der Waals surface area (Å²) >= 11 is 0. The van der Waals surface area contributed by atoms with E-state index in [1.54, 1.807) is 59.6 Å². The van der Waals surface area contributed by atoms with Gasteiger partial charge in [-0.25, -0.2) is 14.4 Å². The summed E-state index contributed by atoms with van der Waals surface area (Å²) < 4.78 is 23.3. The van der Waals surface area contributed by atoms with Crippen LogP contribution < -0.4 is 10.5 Å². The maximum absolute atomic E-state index is 15.7. The first-order chi connectivity index (χ1) is 22.6. The maximum Gasteiger partial charge on any atom is 0.264 e. The maximum atomic E-state index is 15.7. The molecule has 12 heteroatoms. The lowest BCUT2D eigenvalue weighted by atomic mass is 9.94. The van der Waals surface area contributed by atoms with E-state index in [9.17, 15) is 14.9 Å². The Hall–Kier alpha value is -5.28. The molecule has 0 saturated carbocycles. The van der Waals surface area contributed by atoms with Gasteiger partial charge >= 0.3 is 0 Å². The second-order valence-corrected chi connectivity index (χ2v) is 12.6. The Morgan fingerprint density at radius 1 is 1.15 bits per heavy atom. The number of nitrogens with two attached hydrogens (primary N) is 1. The topological polar surface area (TPSA) is 133 Å². The molecule has 4 aromatic rings. The molecule has 6 rings (SSSR count). The number of anilines is 1. The molecule has 2 aromatic heterocycles. The number of fused-ring (bicyclic) bond motifs is 1. The molecule has 242 valence electrons. The average molecular weight is 637 g/mol. The van der Waals surface area contributed by atoms with Gasteiger partial charge in [-0.2, -0.15) is 5.26 Å². The van der Waals surface area contributed by atoms with Crippen molar-refractivity contribution in [3.8, 4) is 28.8 Å². The summed E-state index contributed by atoms with van der Waals surface area (Å²) in [7, 11) is 1.77. The highest BCUT2D eigenvalue weighted by atomic mass is 19.1. The Labute approximate surface area is 272 Å². The summed E-state index contributed by atoms with van der Waals surface area (Å²) in [5.74, 6) is 0.666. The number of piperazine rings is 1. The highest BCUT2D eigenvalue weighted by Crippen LogP contribution is 2.36. The number of rotatable bonds is 7. The number of piperidine rings is 1. The third kappa shape index (κ3) is 6.39. The van der Waals surface area contributed by atoms with E-state index in [1.807, 2.05) is 41.3 Å². The van der Waals surface area contributed by atoms with Gasteiger partial charge in [0.1, 0.15) is 51.8 Å². The highest BCUT2D eigenvalue weighted by molar-refractivity contribution is 5.97. The molecule has 47 heavy (non-hydrogen) atoms. The van der Waals surface area contributed by atoms with Crippen molar-refractivity contribution in [2.24, 2.45) is 0 Å². The van der Waals surface area contributed by atoms with Gasteiger partial charge in [0.15, 0.2) is 0 Å². The summed E-state index contributed by atoms with van der Waals surface area (Å²) in [4.78, 5) is 40.6. The smallest absolute Gasteiger partial charge is 0.264 e. The quantitative estimate of drug-likeness (QED) is 0.230. The minimum absolute atomic E-state index is 0.0000889. The van der Waals surface area contributed by atoms with E-state index in [4.69, 9.17) is 15.5 Å². The molecule has 0 bridgehead atoms. The molecular weight excluding hydrogens is 599 g/mol. The number of ether oxygens (including phenoxy) is 1. The Morgan fingerprint density at radius 3 is 2.66 bits per heavy atom. The van der Waals surface area contributed by atoms with Crippen LogP contribution in [0.4, 0.5) is 10.2 Å². The van der Waals surface area contributed by atoms with Gasteiger partial charge in [-0.1, -0.05) is 18.2 Å². The van der Waals surface area contributed by atoms with Gasteiger partial charge in [-0.3, -0.25) is 18.9 Å². The monoisotopic (exact) mass is 636 g/mol. The lowest BCUT2D eigenvalue weighted by Crippen LogP contribution is -2.55. The fraction of sp³-hybridized carbons (Fsp3) is 0.343. The molecule has 2 aliphatic rings. The zero-order valence-electron chi connectivity index (χ0n) is 26.7. The Kier molecular flexibility index (Phi) is 8.66. The molecule has 4 heterocycles. The Balaban J connectivity index is 1.27. The SMILES string of the molecule is CN1CCN(C(C)(C)C=C(C#N)C(=O)N2CCC[C@@H](c3nc(-c4ccc(Oc5ccccc5)cc4F)c4c(N)nccn34)C2)CC1=O. The van der Waals surface area contributed by atoms with Crippen LogP contribution in [0.25, 0.3) is 16.8 Å². The molecule has 0 unspecified atom stereocenters. The number of hydrogen-bond acceptors (Lipinski definition) is 8. The van der Waals surface area contributed by atoms with E-state index in [2.05, 4.69) is 11.1 Å². The standard InChI is InChI=1S/C35H37FN8O3/c1-35(2,43-17-16-41(3)29(45)22-43)19-24(20-37)34(46)42-14-7-8-23(21-42)33-40-30(31-32(38)39-13-15-44(31)33)27-12-11-26(18-28(27)36)47-25-9-5-4-6-10-25/h4-6,9-13,15,18-19,23H,7-8,14,16-17,21-22H2,1-3H3,(H2,38,39)/t23-/m1/s1. The number of benzene rings is 2. The number of nitriles is 1. The number of amides is 2. The first-order valence-corrected chi connectivity index (χ1v) is 15.6. The third-order valence-corrected chi connectivity index (χ3v) is 8.98. The predicted molar refractivity (Wildman–Crippen MR) is 175 cm³/mol. The van der Waals surface area contributed by atoms with E-state index in [-0.39, 0.29) is 41.2 Å². The second kappa shape index (κ2) is 12.8. The molecule has 0 aliphatic carbocycles. The van der Waals surface area contributed by atoms with Crippen molar-refractivity contribution < 1.29 is 18.7 Å². The van der Waals surface area contributed by atoms with Gasteiger partial charge in [0.05, 0.1) is 6.54 Å². The number of aromatic nitrogens is 3. The normalized spacial score (nSPS) is 18.0. The second-order valence-electron chi connectivity index (χ2n) is 12.6. The third-order valence-electron chi connectivity index (χ3n) is 8.98. The summed E-state index contributed by atoms with van der Waals surface area (Å²) in [5, 5.41) is 10.1. The van der Waals surface area contributed by atoms with Gasteiger partial charge in [0.2, 0.25) is 5.91 Å². The average Bonchev–Trinajstić information content (AvgIpc) is 3.46. The molecule has 2 fully saturated rings. The van der Waals surface area contributed by atoms with Crippen molar-refractivity contribution in [1.82, 2.24) is 29.1 Å². The molecule has 0 radical (unpaired) electrons. The van der Waals surface area contributed by atoms with E-state index < -0.39 is 11.4 Å². The van der Waals surface area contributed by atoms with Gasteiger partial charge in [0.25, 0.3) is 5.91 Å². The van der Waals surface area contributed by atoms with E-state index in [0.717, 1.165) is 6.42 Å². The molecule has 2 saturated heterocycles. The van der Waals surface area contributed by atoms with Crippen LogP contribution >= 0.6 is 0 Å². The fourth-order valence-electron chi connectivity index (χ4n) is 6.32. The Bertz CT molecular complexity index is 1900. The first-order valence-electron chi connectivity index (χ1n) is 15.6. The van der Waals surface area contributed by atoms with Crippen LogP contribution in [0.1, 0.15) is 38.4 Å². The Morgan fingerprint density at radius 2 is 1.94 bits per heavy atom. The van der Waals surface area contributed by atoms with Crippen LogP contribution in [0.15, 0.2) is 72.6 Å². The lowest BCUT2D eigenvalue weighted by Gasteiger charge is -2.41. The molecule has 11 nitrogen and oxygen atoms in total. The minimum atomic E-state index is -0.683. The molecule has 0 spiro atoms. The van der Waals surface area contributed by atoms with Gasteiger partial charge < -0.3 is 20.3 Å². The minimum Gasteiger partial charge on any atom is -0.457 e. The van der Waals surface area contributed by atoms with Crippen LogP contribution in [-0.4, -0.2) is 86.2 Å². The number of hydrogen-bond donors (Lipinski definition) is 1. The summed E-state index contributed by atoms with van der Waals surface area (Å²) in [6.45, 7) is 6.06. The van der Waals surface area contributed by atoms with Crippen molar-refractivity contribution in [3.63, 3.8) is 0 Å². The van der Waals surface area contributed by atoms with Crippen LogP contribution in [0.2, 0.25) is 0 Å². The molecular formula is C35H37FN8O3. The van der Waals surface area contributed by atoms with E-state index >= 15 is 4.39 Å². The zero-order chi connectivity index (χ0) is 33.3. The number of halogens is 1. The number of nitrogen functional groups attached to an aromatic ring is 1. The van der Waals surface area contributed by atoms with E-state index in [0.29, 0.717) is 61.1 Å². The fourth-order valence-corrected chi connectivity index (χ4v) is 6.32. The van der Waals surface area contributed by atoms with Crippen LogP contribution in [-0.2, 0) is 9.59 Å². The largest absolute Gasteiger partial charge is 0.457 e. The summed E-state index contributed by atoms with van der Waals surface area (Å²) in [5.41, 5.74) is 6.75.